The minimum atomic E-state index is -0.608. The van der Waals surface area contributed by atoms with Crippen LogP contribution in [0.5, 0.6) is 0 Å². The molecule has 3 N–H and O–H groups in total. The van der Waals surface area contributed by atoms with Crippen LogP contribution < -0.4 is 11.1 Å². The van der Waals surface area contributed by atoms with Crippen LogP contribution in [0, 0.1) is 6.57 Å². The number of primary amides is 1. The normalized spacial score (nSPS) is 12.7. The van der Waals surface area contributed by atoms with Crippen molar-refractivity contribution in [2.75, 3.05) is 11.9 Å². The number of benzene rings is 2. The van der Waals surface area contributed by atoms with E-state index in [4.69, 9.17) is 23.9 Å². The number of urea groups is 1. The topological polar surface area (TPSA) is 97.6 Å². The number of carbonyl (C=O) groups is 2. The molecule has 0 saturated carbocycles. The van der Waals surface area contributed by atoms with Gasteiger partial charge in [-0.25, -0.2) is 9.64 Å². The maximum Gasteiger partial charge on any atom is 0.322 e. The zero-order valence-electron chi connectivity index (χ0n) is 15.8. The Labute approximate surface area is 177 Å². The molecule has 1 aromatic heterocycles. The van der Waals surface area contributed by atoms with Crippen LogP contribution in [0.15, 0.2) is 48.5 Å². The summed E-state index contributed by atoms with van der Waals surface area (Å²) in [5, 5.41) is 7.89. The van der Waals surface area contributed by atoms with Crippen LogP contribution in [0.4, 0.5) is 16.2 Å². The number of aromatic nitrogens is 2. The molecule has 3 aromatic rings. The van der Waals surface area contributed by atoms with E-state index in [2.05, 4.69) is 15.3 Å². The van der Waals surface area contributed by atoms with Crippen molar-refractivity contribution in [2.45, 2.75) is 13.1 Å². The molecule has 0 bridgehead atoms. The molecule has 4 rings (SSSR count). The highest BCUT2D eigenvalue weighted by molar-refractivity contribution is 6.30. The molecule has 1 aliphatic rings. The fraction of sp³-hybridized carbons (Fsp3) is 0.143. The van der Waals surface area contributed by atoms with Gasteiger partial charge in [-0.2, -0.15) is 5.10 Å². The lowest BCUT2D eigenvalue weighted by molar-refractivity contribution is 0.0997. The van der Waals surface area contributed by atoms with E-state index in [0.29, 0.717) is 46.4 Å². The second-order valence-corrected chi connectivity index (χ2v) is 7.21. The van der Waals surface area contributed by atoms with Gasteiger partial charge in [0.15, 0.2) is 5.69 Å². The molecule has 2 heterocycles. The summed E-state index contributed by atoms with van der Waals surface area (Å²) < 4.78 is 1.71. The second kappa shape index (κ2) is 7.89. The number of anilines is 1. The van der Waals surface area contributed by atoms with Gasteiger partial charge in [0.2, 0.25) is 0 Å². The third kappa shape index (κ3) is 3.71. The van der Waals surface area contributed by atoms with E-state index in [9.17, 15) is 9.59 Å². The Morgan fingerprint density at radius 1 is 1.17 bits per heavy atom. The third-order valence-corrected chi connectivity index (χ3v) is 5.09. The van der Waals surface area contributed by atoms with E-state index >= 15 is 0 Å². The number of halogens is 1. The van der Waals surface area contributed by atoms with Crippen LogP contribution in [-0.4, -0.2) is 33.2 Å². The molecule has 0 atom stereocenters. The van der Waals surface area contributed by atoms with Crippen LogP contribution in [-0.2, 0) is 13.1 Å². The molecule has 0 radical (unpaired) electrons. The lowest BCUT2D eigenvalue weighted by Crippen LogP contribution is -2.41. The summed E-state index contributed by atoms with van der Waals surface area (Å²) in [4.78, 5) is 29.9. The zero-order chi connectivity index (χ0) is 21.3. The average Bonchev–Trinajstić information content (AvgIpc) is 3.13. The molecular formula is C21H17ClN6O2. The summed E-state index contributed by atoms with van der Waals surface area (Å²) >= 11 is 6.09. The van der Waals surface area contributed by atoms with E-state index in [-0.39, 0.29) is 18.1 Å². The molecule has 0 spiro atoms. The molecule has 0 fully saturated rings. The number of hydrogen-bond donors (Lipinski definition) is 2. The van der Waals surface area contributed by atoms with Gasteiger partial charge in [-0.15, -0.1) is 0 Å². The van der Waals surface area contributed by atoms with E-state index < -0.39 is 5.91 Å². The maximum atomic E-state index is 12.7. The monoisotopic (exact) mass is 420 g/mol. The largest absolute Gasteiger partial charge is 0.365 e. The van der Waals surface area contributed by atoms with Crippen molar-refractivity contribution in [1.82, 2.24) is 14.7 Å². The van der Waals surface area contributed by atoms with Gasteiger partial charge in [0.25, 0.3) is 5.91 Å². The van der Waals surface area contributed by atoms with Crippen LogP contribution in [0.3, 0.4) is 0 Å². The van der Waals surface area contributed by atoms with Gasteiger partial charge >= 0.3 is 6.03 Å². The fourth-order valence-corrected chi connectivity index (χ4v) is 3.60. The van der Waals surface area contributed by atoms with Crippen LogP contribution in [0.1, 0.15) is 16.1 Å². The van der Waals surface area contributed by atoms with Crippen LogP contribution in [0.25, 0.3) is 16.1 Å². The number of nitrogens with one attached hydrogen (secondary N) is 1. The predicted molar refractivity (Wildman–Crippen MR) is 113 cm³/mol. The summed E-state index contributed by atoms with van der Waals surface area (Å²) in [5.74, 6) is -0.608. The number of nitrogens with two attached hydrogens (primary N) is 1. The maximum absolute atomic E-state index is 12.7. The van der Waals surface area contributed by atoms with Crippen LogP contribution in [0.2, 0.25) is 5.02 Å². The Balaban J connectivity index is 1.60. The van der Waals surface area contributed by atoms with Crippen LogP contribution >= 0.6 is 11.6 Å². The van der Waals surface area contributed by atoms with E-state index in [0.717, 1.165) is 0 Å². The van der Waals surface area contributed by atoms with Gasteiger partial charge in [-0.3, -0.25) is 9.48 Å². The Kier molecular flexibility index (Phi) is 5.12. The van der Waals surface area contributed by atoms with Gasteiger partial charge < -0.3 is 16.0 Å². The average molecular weight is 421 g/mol. The molecule has 8 nitrogen and oxygen atoms in total. The number of fused-ring (bicyclic) bond motifs is 1. The quantitative estimate of drug-likeness (QED) is 0.628. The number of carbonyl (C=O) groups excluding carboxylic acids is 2. The Morgan fingerprint density at radius 2 is 1.93 bits per heavy atom. The molecule has 0 aliphatic carbocycles. The van der Waals surface area contributed by atoms with Gasteiger partial charge in [-0.1, -0.05) is 35.9 Å². The predicted octanol–water partition coefficient (Wildman–Crippen LogP) is 3.90. The summed E-state index contributed by atoms with van der Waals surface area (Å²) in [7, 11) is 0. The summed E-state index contributed by atoms with van der Waals surface area (Å²) in [6, 6.07) is 13.4. The first-order valence-corrected chi connectivity index (χ1v) is 9.53. The summed E-state index contributed by atoms with van der Waals surface area (Å²) in [5.41, 5.74) is 8.76. The molecule has 150 valence electrons. The van der Waals surface area contributed by atoms with Crippen molar-refractivity contribution in [1.29, 1.82) is 0 Å². The molecule has 2 aromatic carbocycles. The van der Waals surface area contributed by atoms with Crippen molar-refractivity contribution in [3.63, 3.8) is 0 Å². The minimum absolute atomic E-state index is 0.192. The van der Waals surface area contributed by atoms with Gasteiger partial charge in [0.1, 0.15) is 5.69 Å². The molecule has 0 unspecified atom stereocenters. The van der Waals surface area contributed by atoms with Crippen molar-refractivity contribution < 1.29 is 9.59 Å². The summed E-state index contributed by atoms with van der Waals surface area (Å²) in [6.07, 6.45) is 0. The minimum Gasteiger partial charge on any atom is -0.365 e. The van der Waals surface area contributed by atoms with Gasteiger partial charge in [0, 0.05) is 22.8 Å². The molecule has 9 heteroatoms. The van der Waals surface area contributed by atoms with Crippen molar-refractivity contribution in [3.05, 3.63) is 76.2 Å². The lowest BCUT2D eigenvalue weighted by Gasteiger charge is -2.28. The molecule has 30 heavy (non-hydrogen) atoms. The number of nitrogens with zero attached hydrogens (tertiary/aromatic N) is 4. The highest BCUT2D eigenvalue weighted by atomic mass is 35.5. The number of hydrogen-bond acceptors (Lipinski definition) is 3. The Hall–Kier alpha value is -3.83. The van der Waals surface area contributed by atoms with Crippen molar-refractivity contribution in [3.8, 4) is 11.3 Å². The first kappa shape index (κ1) is 19.5. The van der Waals surface area contributed by atoms with Crippen molar-refractivity contribution >= 4 is 34.9 Å². The Bertz CT molecular complexity index is 1180. The number of rotatable bonds is 3. The first-order valence-electron chi connectivity index (χ1n) is 9.15. The molecule has 1 aliphatic heterocycles. The SMILES string of the molecule is [C-]#[N+]c1ccc(NC(=O)N2CCn3nc(-c4cccc(Cl)c4)c(C(N)=O)c3C2)cc1. The Morgan fingerprint density at radius 3 is 2.60 bits per heavy atom. The third-order valence-electron chi connectivity index (χ3n) is 4.86. The zero-order valence-corrected chi connectivity index (χ0v) is 16.6. The smallest absolute Gasteiger partial charge is 0.322 e. The first-order chi connectivity index (χ1) is 14.5. The van der Waals surface area contributed by atoms with E-state index in [1.807, 2.05) is 6.07 Å². The van der Waals surface area contributed by atoms with E-state index in [1.54, 1.807) is 52.0 Å². The highest BCUT2D eigenvalue weighted by Gasteiger charge is 2.29. The number of amides is 3. The highest BCUT2D eigenvalue weighted by Crippen LogP contribution is 2.30. The molecule has 3 amide bonds. The fourth-order valence-electron chi connectivity index (χ4n) is 3.41. The standard InChI is InChI=1S/C21H17ClN6O2/c1-24-15-5-7-16(8-6-15)25-21(30)27-9-10-28-17(12-27)18(20(23)29)19(26-28)13-3-2-4-14(22)11-13/h2-8,11H,9-10,12H2,(H2,23,29)(H,25,30). The molecular weight excluding hydrogens is 404 g/mol. The van der Waals surface area contributed by atoms with Gasteiger partial charge in [0.05, 0.1) is 30.9 Å². The van der Waals surface area contributed by atoms with E-state index in [1.165, 1.54) is 0 Å². The second-order valence-electron chi connectivity index (χ2n) is 6.78. The van der Waals surface area contributed by atoms with Gasteiger partial charge in [-0.05, 0) is 24.3 Å². The lowest BCUT2D eigenvalue weighted by atomic mass is 10.0. The van der Waals surface area contributed by atoms with Crippen molar-refractivity contribution in [2.24, 2.45) is 5.73 Å². The summed E-state index contributed by atoms with van der Waals surface area (Å²) in [6.45, 7) is 8.04. The molecule has 0 saturated heterocycles.